The standard InChI is InChI=1S/C29H23FN4OS/c1-18-13-25-20(15-32-34(25)22-9-7-21(30)8-10-22)14-23(18)29-17-33(28(35)27-31-11-12-36-27)16-24(29)26(29)19-5-3-2-4-6-19/h2-15,24,26H,16-17H2,1H3/t24-,26-,29+/m0/s1. The Morgan fingerprint density at radius 1 is 1.11 bits per heavy atom. The van der Waals surface area contributed by atoms with Gasteiger partial charge in [-0.2, -0.15) is 5.10 Å². The molecule has 7 rings (SSSR count). The van der Waals surface area contributed by atoms with Gasteiger partial charge in [0.25, 0.3) is 5.91 Å². The average molecular weight is 495 g/mol. The van der Waals surface area contributed by atoms with Crippen molar-refractivity contribution in [1.82, 2.24) is 19.7 Å². The molecule has 5 aromatic rings. The second-order valence-electron chi connectivity index (χ2n) is 9.82. The summed E-state index contributed by atoms with van der Waals surface area (Å²) < 4.78 is 15.3. The number of aryl methyl sites for hydroxylation is 1. The van der Waals surface area contributed by atoms with Crippen molar-refractivity contribution in [2.45, 2.75) is 18.3 Å². The van der Waals surface area contributed by atoms with E-state index in [0.717, 1.165) is 23.1 Å². The first-order valence-electron chi connectivity index (χ1n) is 12.0. The summed E-state index contributed by atoms with van der Waals surface area (Å²) in [6, 6.07) is 21.5. The van der Waals surface area contributed by atoms with Crippen LogP contribution < -0.4 is 0 Å². The highest BCUT2D eigenvalue weighted by Crippen LogP contribution is 2.69. The molecule has 2 aromatic heterocycles. The molecule has 0 unspecified atom stereocenters. The first-order chi connectivity index (χ1) is 17.6. The Hall–Kier alpha value is -3.84. The normalized spacial score (nSPS) is 22.7. The van der Waals surface area contributed by atoms with E-state index < -0.39 is 0 Å². The smallest absolute Gasteiger partial charge is 0.282 e. The molecule has 1 aliphatic heterocycles. The maximum Gasteiger partial charge on any atom is 0.282 e. The van der Waals surface area contributed by atoms with Crippen molar-refractivity contribution in [2.75, 3.05) is 13.1 Å². The topological polar surface area (TPSA) is 51.0 Å². The Labute approximate surface area is 211 Å². The molecule has 5 nitrogen and oxygen atoms in total. The number of hydrogen-bond acceptors (Lipinski definition) is 4. The third kappa shape index (κ3) is 3.09. The second kappa shape index (κ2) is 7.83. The minimum absolute atomic E-state index is 0.0197. The maximum absolute atomic E-state index is 13.5. The molecule has 3 atom stereocenters. The highest BCUT2D eigenvalue weighted by atomic mass is 32.1. The van der Waals surface area contributed by atoms with Crippen LogP contribution in [0.4, 0.5) is 4.39 Å². The van der Waals surface area contributed by atoms with Crippen LogP contribution in [-0.4, -0.2) is 38.7 Å². The molecule has 0 radical (unpaired) electrons. The van der Waals surface area contributed by atoms with Gasteiger partial charge < -0.3 is 4.90 Å². The van der Waals surface area contributed by atoms with Gasteiger partial charge in [-0.05, 0) is 65.9 Å². The fraction of sp³-hybridized carbons (Fsp3) is 0.207. The van der Waals surface area contributed by atoms with Crippen molar-refractivity contribution in [2.24, 2.45) is 5.92 Å². The van der Waals surface area contributed by atoms with Gasteiger partial charge in [0.05, 0.1) is 17.4 Å². The number of fused-ring (bicyclic) bond motifs is 2. The van der Waals surface area contributed by atoms with Gasteiger partial charge >= 0.3 is 0 Å². The molecular weight excluding hydrogens is 471 g/mol. The van der Waals surface area contributed by atoms with E-state index in [1.54, 1.807) is 18.3 Å². The molecule has 0 spiro atoms. The number of nitrogens with zero attached hydrogens (tertiary/aromatic N) is 4. The lowest BCUT2D eigenvalue weighted by Crippen LogP contribution is -2.34. The summed E-state index contributed by atoms with van der Waals surface area (Å²) in [6.45, 7) is 3.55. The van der Waals surface area contributed by atoms with E-state index in [0.29, 0.717) is 23.4 Å². The molecule has 0 bridgehead atoms. The summed E-state index contributed by atoms with van der Waals surface area (Å²) in [7, 11) is 0. The van der Waals surface area contributed by atoms with Crippen molar-refractivity contribution < 1.29 is 9.18 Å². The zero-order chi connectivity index (χ0) is 24.4. The Morgan fingerprint density at radius 2 is 1.92 bits per heavy atom. The van der Waals surface area contributed by atoms with Gasteiger partial charge in [0.2, 0.25) is 0 Å². The van der Waals surface area contributed by atoms with Crippen LogP contribution in [0.25, 0.3) is 16.6 Å². The Morgan fingerprint density at radius 3 is 2.67 bits per heavy atom. The van der Waals surface area contributed by atoms with Crippen LogP contribution in [0.5, 0.6) is 0 Å². The number of piperidine rings is 1. The highest BCUT2D eigenvalue weighted by Gasteiger charge is 2.71. The Kier molecular flexibility index (Phi) is 4.66. The Bertz CT molecular complexity index is 1600. The number of likely N-dealkylation sites (tertiary alicyclic amines) is 1. The zero-order valence-corrected chi connectivity index (χ0v) is 20.5. The number of carbonyl (C=O) groups excluding carboxylic acids is 1. The van der Waals surface area contributed by atoms with Crippen molar-refractivity contribution in [3.63, 3.8) is 0 Å². The molecule has 1 aliphatic carbocycles. The monoisotopic (exact) mass is 494 g/mol. The maximum atomic E-state index is 13.5. The quantitative estimate of drug-likeness (QED) is 0.320. The van der Waals surface area contributed by atoms with Crippen LogP contribution in [0.1, 0.15) is 32.4 Å². The number of hydrogen-bond donors (Lipinski definition) is 0. The van der Waals surface area contributed by atoms with Gasteiger partial charge in [0.15, 0.2) is 5.01 Å². The first-order valence-corrected chi connectivity index (χ1v) is 12.9. The summed E-state index contributed by atoms with van der Waals surface area (Å²) >= 11 is 1.40. The molecule has 2 aliphatic rings. The van der Waals surface area contributed by atoms with E-state index in [-0.39, 0.29) is 17.1 Å². The van der Waals surface area contributed by atoms with Crippen molar-refractivity contribution in [3.05, 3.63) is 112 Å². The molecule has 178 valence electrons. The lowest BCUT2D eigenvalue weighted by Gasteiger charge is -2.25. The van der Waals surface area contributed by atoms with Crippen LogP contribution in [0, 0.1) is 18.7 Å². The fourth-order valence-electron chi connectivity index (χ4n) is 6.35. The molecule has 2 fully saturated rings. The van der Waals surface area contributed by atoms with Crippen molar-refractivity contribution in [1.29, 1.82) is 0 Å². The van der Waals surface area contributed by atoms with Crippen molar-refractivity contribution in [3.8, 4) is 5.69 Å². The molecule has 3 heterocycles. The van der Waals surface area contributed by atoms with E-state index in [9.17, 15) is 9.18 Å². The Balaban J connectivity index is 1.32. The summed E-state index contributed by atoms with van der Waals surface area (Å²) in [5, 5.41) is 8.06. The number of halogens is 1. The molecule has 3 aromatic carbocycles. The van der Waals surface area contributed by atoms with Crippen molar-refractivity contribution >= 4 is 28.1 Å². The van der Waals surface area contributed by atoms with Gasteiger partial charge in [-0.3, -0.25) is 4.79 Å². The summed E-state index contributed by atoms with van der Waals surface area (Å²) in [5.41, 5.74) is 5.46. The molecule has 36 heavy (non-hydrogen) atoms. The molecular formula is C29H23FN4OS. The van der Waals surface area contributed by atoms with Gasteiger partial charge in [-0.1, -0.05) is 30.3 Å². The van der Waals surface area contributed by atoms with Gasteiger partial charge in [-0.15, -0.1) is 11.3 Å². The third-order valence-electron chi connectivity index (χ3n) is 7.93. The largest absolute Gasteiger partial charge is 0.335 e. The molecule has 1 amide bonds. The van der Waals surface area contributed by atoms with Gasteiger partial charge in [0, 0.05) is 41.4 Å². The number of thiazole rings is 1. The summed E-state index contributed by atoms with van der Waals surface area (Å²) in [6.07, 6.45) is 3.56. The van der Waals surface area contributed by atoms with Crippen LogP contribution in [0.15, 0.2) is 84.5 Å². The molecule has 1 saturated heterocycles. The lowest BCUT2D eigenvalue weighted by atomic mass is 9.86. The number of carbonyl (C=O) groups is 1. The predicted molar refractivity (Wildman–Crippen MR) is 138 cm³/mol. The minimum atomic E-state index is -0.266. The second-order valence-corrected chi connectivity index (χ2v) is 10.7. The van der Waals surface area contributed by atoms with Gasteiger partial charge in [-0.25, -0.2) is 14.1 Å². The van der Waals surface area contributed by atoms with Crippen LogP contribution in [0.3, 0.4) is 0 Å². The summed E-state index contributed by atoms with van der Waals surface area (Å²) in [4.78, 5) is 19.4. The highest BCUT2D eigenvalue weighted by molar-refractivity contribution is 7.11. The molecule has 0 N–H and O–H groups in total. The van der Waals surface area contributed by atoms with E-state index in [2.05, 4.69) is 53.4 Å². The third-order valence-corrected chi connectivity index (χ3v) is 8.69. The average Bonchev–Trinajstić information content (AvgIpc) is 3.40. The first kappa shape index (κ1) is 21.4. The van der Waals surface area contributed by atoms with E-state index in [1.807, 2.05) is 27.2 Å². The number of amides is 1. The van der Waals surface area contributed by atoms with Crippen LogP contribution >= 0.6 is 11.3 Å². The molecule has 7 heteroatoms. The number of rotatable bonds is 4. The number of aromatic nitrogens is 3. The molecule has 1 saturated carbocycles. The number of benzene rings is 3. The fourth-order valence-corrected chi connectivity index (χ4v) is 6.95. The van der Waals surface area contributed by atoms with Crippen LogP contribution in [-0.2, 0) is 5.41 Å². The zero-order valence-electron chi connectivity index (χ0n) is 19.6. The SMILES string of the molecule is Cc1cc2c(cnn2-c2ccc(F)cc2)cc1[C@]12CN(C(=O)c3nccs3)C[C@H]1[C@@H]2c1ccccc1. The van der Waals surface area contributed by atoms with E-state index >= 15 is 0 Å². The summed E-state index contributed by atoms with van der Waals surface area (Å²) in [5.74, 6) is 0.471. The van der Waals surface area contributed by atoms with E-state index in [1.165, 1.54) is 40.2 Å². The minimum Gasteiger partial charge on any atom is -0.335 e. The van der Waals surface area contributed by atoms with Crippen LogP contribution in [0.2, 0.25) is 0 Å². The predicted octanol–water partition coefficient (Wildman–Crippen LogP) is 5.74. The van der Waals surface area contributed by atoms with E-state index in [4.69, 9.17) is 0 Å². The van der Waals surface area contributed by atoms with Gasteiger partial charge in [0.1, 0.15) is 5.82 Å². The lowest BCUT2D eigenvalue weighted by molar-refractivity contribution is 0.0768.